The second kappa shape index (κ2) is 7.90. The highest BCUT2D eigenvalue weighted by atomic mass is 16.2. The van der Waals surface area contributed by atoms with E-state index in [4.69, 9.17) is 0 Å². The van der Waals surface area contributed by atoms with Gasteiger partial charge in [0.05, 0.1) is 24.5 Å². The summed E-state index contributed by atoms with van der Waals surface area (Å²) < 4.78 is 1.86. The van der Waals surface area contributed by atoms with Crippen molar-refractivity contribution in [1.29, 1.82) is 0 Å². The van der Waals surface area contributed by atoms with Gasteiger partial charge in [0.25, 0.3) is 5.91 Å². The molecule has 8 heteroatoms. The molecule has 0 aliphatic carbocycles. The smallest absolute Gasteiger partial charge is 0.255 e. The Morgan fingerprint density at radius 1 is 0.933 bits per heavy atom. The lowest BCUT2D eigenvalue weighted by atomic mass is 10.2. The van der Waals surface area contributed by atoms with Gasteiger partial charge in [0, 0.05) is 50.2 Å². The number of hydrogen-bond donors (Lipinski definition) is 0. The molecule has 0 saturated carbocycles. The molecule has 0 radical (unpaired) electrons. The highest BCUT2D eigenvalue weighted by molar-refractivity contribution is 5.97. The van der Waals surface area contributed by atoms with E-state index >= 15 is 0 Å². The molecule has 0 N–H and O–H groups in total. The Labute approximate surface area is 173 Å². The van der Waals surface area contributed by atoms with Crippen molar-refractivity contribution in [2.45, 2.75) is 6.54 Å². The number of piperazine rings is 1. The Morgan fingerprint density at radius 2 is 1.77 bits per heavy atom. The minimum Gasteiger partial charge on any atom is -0.352 e. The van der Waals surface area contributed by atoms with Gasteiger partial charge in [-0.3, -0.25) is 9.78 Å². The highest BCUT2D eigenvalue weighted by Gasteiger charge is 2.23. The predicted molar refractivity (Wildman–Crippen MR) is 113 cm³/mol. The first kappa shape index (κ1) is 18.2. The third-order valence-electron chi connectivity index (χ3n) is 5.34. The van der Waals surface area contributed by atoms with Crippen LogP contribution in [0.25, 0.3) is 11.0 Å². The van der Waals surface area contributed by atoms with Gasteiger partial charge in [0.1, 0.15) is 5.82 Å². The summed E-state index contributed by atoms with van der Waals surface area (Å²) in [5, 5.41) is 5.33. The first-order valence-corrected chi connectivity index (χ1v) is 9.94. The van der Waals surface area contributed by atoms with Gasteiger partial charge >= 0.3 is 0 Å². The molecular weight excluding hydrogens is 378 g/mol. The second-order valence-corrected chi connectivity index (χ2v) is 7.27. The Bertz CT molecular complexity index is 1150. The van der Waals surface area contributed by atoms with E-state index in [-0.39, 0.29) is 5.91 Å². The van der Waals surface area contributed by atoms with Gasteiger partial charge in [-0.25, -0.2) is 14.6 Å². The molecule has 3 aromatic heterocycles. The zero-order valence-corrected chi connectivity index (χ0v) is 16.4. The van der Waals surface area contributed by atoms with Crippen molar-refractivity contribution in [2.75, 3.05) is 31.1 Å². The molecule has 0 unspecified atom stereocenters. The fraction of sp³-hybridized carbons (Fsp3) is 0.227. The summed E-state index contributed by atoms with van der Waals surface area (Å²) in [5.41, 5.74) is 2.53. The minimum absolute atomic E-state index is 0.000921. The molecule has 0 atom stereocenters. The summed E-state index contributed by atoms with van der Waals surface area (Å²) in [6.45, 7) is 3.39. The molecule has 150 valence electrons. The Morgan fingerprint density at radius 3 is 2.53 bits per heavy atom. The van der Waals surface area contributed by atoms with E-state index in [2.05, 4.69) is 37.1 Å². The molecule has 1 amide bonds. The Hall–Kier alpha value is -3.81. The van der Waals surface area contributed by atoms with Crippen LogP contribution >= 0.6 is 0 Å². The maximum atomic E-state index is 13.0. The van der Waals surface area contributed by atoms with Crippen LogP contribution in [0.15, 0.2) is 67.4 Å². The fourth-order valence-corrected chi connectivity index (χ4v) is 3.74. The van der Waals surface area contributed by atoms with Crippen LogP contribution in [-0.2, 0) is 6.54 Å². The summed E-state index contributed by atoms with van der Waals surface area (Å²) in [6.07, 6.45) is 8.53. The number of anilines is 1. The third kappa shape index (κ3) is 3.59. The number of fused-ring (bicyclic) bond motifs is 1. The number of rotatable bonds is 4. The minimum atomic E-state index is -0.000921. The topological polar surface area (TPSA) is 80.0 Å². The van der Waals surface area contributed by atoms with E-state index in [1.54, 1.807) is 31.0 Å². The van der Waals surface area contributed by atoms with Gasteiger partial charge in [-0.2, -0.15) is 5.10 Å². The van der Waals surface area contributed by atoms with Crippen LogP contribution in [-0.4, -0.2) is 61.7 Å². The largest absolute Gasteiger partial charge is 0.352 e. The number of benzene rings is 1. The van der Waals surface area contributed by atoms with E-state index in [0.717, 1.165) is 35.5 Å². The van der Waals surface area contributed by atoms with Crippen LogP contribution in [0.2, 0.25) is 0 Å². The van der Waals surface area contributed by atoms with Crippen molar-refractivity contribution in [3.8, 4) is 0 Å². The zero-order valence-electron chi connectivity index (χ0n) is 16.4. The molecule has 4 heterocycles. The standard InChI is InChI=1S/C22H21N7O/c30-22(28-10-8-27(9-11-28)20-15-23-6-7-24-20)19-12-18-14-26-29(21(18)25-13-19)16-17-4-2-1-3-5-17/h1-7,12-15H,8-11,16H2. The van der Waals surface area contributed by atoms with Gasteiger partial charge in [-0.05, 0) is 11.6 Å². The summed E-state index contributed by atoms with van der Waals surface area (Å²) in [5.74, 6) is 0.845. The number of hydrogen-bond acceptors (Lipinski definition) is 6. The molecule has 8 nitrogen and oxygen atoms in total. The molecule has 0 bridgehead atoms. The lowest BCUT2D eigenvalue weighted by molar-refractivity contribution is 0.0746. The quantitative estimate of drug-likeness (QED) is 0.524. The van der Waals surface area contributed by atoms with Crippen molar-refractivity contribution in [3.05, 3.63) is 78.5 Å². The monoisotopic (exact) mass is 399 g/mol. The van der Waals surface area contributed by atoms with Crippen molar-refractivity contribution in [1.82, 2.24) is 29.6 Å². The van der Waals surface area contributed by atoms with E-state index in [1.807, 2.05) is 33.8 Å². The average molecular weight is 399 g/mol. The van der Waals surface area contributed by atoms with Gasteiger partial charge in [0.15, 0.2) is 5.65 Å². The first-order valence-electron chi connectivity index (χ1n) is 9.94. The summed E-state index contributed by atoms with van der Waals surface area (Å²) >= 11 is 0. The zero-order chi connectivity index (χ0) is 20.3. The number of pyridine rings is 1. The Kier molecular flexibility index (Phi) is 4.80. The number of carbonyl (C=O) groups excluding carboxylic acids is 1. The molecule has 1 aliphatic heterocycles. The molecule has 5 rings (SSSR count). The van der Waals surface area contributed by atoms with Crippen molar-refractivity contribution >= 4 is 22.8 Å². The average Bonchev–Trinajstić information content (AvgIpc) is 3.22. The summed E-state index contributed by atoms with van der Waals surface area (Å²) in [6, 6.07) is 12.0. The van der Waals surface area contributed by atoms with Crippen LogP contribution < -0.4 is 4.90 Å². The van der Waals surface area contributed by atoms with Crippen LogP contribution in [0.3, 0.4) is 0 Å². The normalized spacial score (nSPS) is 14.3. The van der Waals surface area contributed by atoms with Crippen molar-refractivity contribution in [3.63, 3.8) is 0 Å². The third-order valence-corrected chi connectivity index (χ3v) is 5.34. The summed E-state index contributed by atoms with van der Waals surface area (Å²) in [7, 11) is 0. The lowest BCUT2D eigenvalue weighted by Crippen LogP contribution is -2.49. The number of carbonyl (C=O) groups is 1. The predicted octanol–water partition coefficient (Wildman–Crippen LogP) is 2.23. The molecule has 1 saturated heterocycles. The lowest BCUT2D eigenvalue weighted by Gasteiger charge is -2.35. The SMILES string of the molecule is O=C(c1cnc2c(cnn2Cc2ccccc2)c1)N1CCN(c2cnccn2)CC1. The van der Waals surface area contributed by atoms with Gasteiger partial charge in [-0.1, -0.05) is 30.3 Å². The van der Waals surface area contributed by atoms with Crippen LogP contribution in [0.5, 0.6) is 0 Å². The molecular formula is C22H21N7O. The van der Waals surface area contributed by atoms with Crippen molar-refractivity contribution < 1.29 is 4.79 Å². The number of nitrogens with zero attached hydrogens (tertiary/aromatic N) is 7. The van der Waals surface area contributed by atoms with E-state index in [9.17, 15) is 4.79 Å². The maximum absolute atomic E-state index is 13.0. The van der Waals surface area contributed by atoms with Gasteiger partial charge in [-0.15, -0.1) is 0 Å². The number of aromatic nitrogens is 5. The van der Waals surface area contributed by atoms with Crippen molar-refractivity contribution in [2.24, 2.45) is 0 Å². The van der Waals surface area contributed by atoms with Gasteiger partial charge in [0.2, 0.25) is 0 Å². The van der Waals surface area contributed by atoms with Crippen LogP contribution in [0.4, 0.5) is 5.82 Å². The molecule has 1 fully saturated rings. The Balaban J connectivity index is 1.29. The summed E-state index contributed by atoms with van der Waals surface area (Å²) in [4.78, 5) is 30.0. The first-order chi connectivity index (χ1) is 14.8. The molecule has 1 aliphatic rings. The van der Waals surface area contributed by atoms with Crippen LogP contribution in [0.1, 0.15) is 15.9 Å². The van der Waals surface area contributed by atoms with Crippen LogP contribution in [0, 0.1) is 0 Å². The molecule has 1 aromatic carbocycles. The highest BCUT2D eigenvalue weighted by Crippen LogP contribution is 2.18. The maximum Gasteiger partial charge on any atom is 0.255 e. The van der Waals surface area contributed by atoms with E-state index < -0.39 is 0 Å². The van der Waals surface area contributed by atoms with E-state index in [1.165, 1.54) is 0 Å². The molecule has 30 heavy (non-hydrogen) atoms. The molecule has 4 aromatic rings. The molecule has 0 spiro atoms. The second-order valence-electron chi connectivity index (χ2n) is 7.27. The number of amides is 1. The van der Waals surface area contributed by atoms with E-state index in [0.29, 0.717) is 25.2 Å². The van der Waals surface area contributed by atoms with Gasteiger partial charge < -0.3 is 9.80 Å². The fourth-order valence-electron chi connectivity index (χ4n) is 3.74.